The molecule has 0 aromatic heterocycles. The SMILES string of the molecule is CCCC(=O)CS(=O)(=O)c1ccc(OC)cc1. The van der Waals surface area contributed by atoms with E-state index in [1.165, 1.54) is 19.2 Å². The smallest absolute Gasteiger partial charge is 0.185 e. The van der Waals surface area contributed by atoms with Crippen molar-refractivity contribution < 1.29 is 17.9 Å². The number of methoxy groups -OCH3 is 1. The monoisotopic (exact) mass is 256 g/mol. The summed E-state index contributed by atoms with van der Waals surface area (Å²) in [6.07, 6.45) is 0.965. The summed E-state index contributed by atoms with van der Waals surface area (Å²) >= 11 is 0. The lowest BCUT2D eigenvalue weighted by atomic mass is 10.3. The van der Waals surface area contributed by atoms with Crippen molar-refractivity contribution in [2.24, 2.45) is 0 Å². The van der Waals surface area contributed by atoms with Gasteiger partial charge in [0.05, 0.1) is 12.0 Å². The predicted molar refractivity (Wildman–Crippen MR) is 65.0 cm³/mol. The highest BCUT2D eigenvalue weighted by Crippen LogP contribution is 2.17. The van der Waals surface area contributed by atoms with Crippen molar-refractivity contribution >= 4 is 15.6 Å². The highest BCUT2D eigenvalue weighted by Gasteiger charge is 2.18. The minimum absolute atomic E-state index is 0.155. The molecule has 0 aliphatic heterocycles. The Labute approximate surface area is 102 Å². The van der Waals surface area contributed by atoms with Gasteiger partial charge in [0.15, 0.2) is 9.84 Å². The Morgan fingerprint density at radius 3 is 2.29 bits per heavy atom. The maximum Gasteiger partial charge on any atom is 0.185 e. The van der Waals surface area contributed by atoms with Crippen molar-refractivity contribution in [1.29, 1.82) is 0 Å². The van der Waals surface area contributed by atoms with Crippen LogP contribution in [0.1, 0.15) is 19.8 Å². The van der Waals surface area contributed by atoms with E-state index < -0.39 is 15.6 Å². The largest absolute Gasteiger partial charge is 0.497 e. The number of rotatable bonds is 6. The van der Waals surface area contributed by atoms with Crippen LogP contribution in [0.5, 0.6) is 5.75 Å². The van der Waals surface area contributed by atoms with Crippen molar-refractivity contribution in [2.75, 3.05) is 12.9 Å². The second-order valence-electron chi connectivity index (χ2n) is 3.72. The van der Waals surface area contributed by atoms with Gasteiger partial charge in [-0.25, -0.2) is 8.42 Å². The zero-order chi connectivity index (χ0) is 12.9. The molecule has 4 nitrogen and oxygen atoms in total. The maximum absolute atomic E-state index is 11.9. The fraction of sp³-hybridized carbons (Fsp3) is 0.417. The zero-order valence-electron chi connectivity index (χ0n) is 9.97. The molecule has 0 N–H and O–H groups in total. The molecule has 1 rings (SSSR count). The molecule has 1 aromatic rings. The van der Waals surface area contributed by atoms with Gasteiger partial charge in [-0.3, -0.25) is 4.79 Å². The molecule has 1 aromatic carbocycles. The first kappa shape index (κ1) is 13.7. The van der Waals surface area contributed by atoms with Crippen LogP contribution in [-0.2, 0) is 14.6 Å². The average molecular weight is 256 g/mol. The minimum Gasteiger partial charge on any atom is -0.497 e. The quantitative estimate of drug-likeness (QED) is 0.779. The van der Waals surface area contributed by atoms with Gasteiger partial charge in [0.2, 0.25) is 0 Å². The molecule has 0 fully saturated rings. The van der Waals surface area contributed by atoms with E-state index in [2.05, 4.69) is 0 Å². The highest BCUT2D eigenvalue weighted by molar-refractivity contribution is 7.92. The van der Waals surface area contributed by atoms with Crippen LogP contribution >= 0.6 is 0 Å². The number of carbonyl (C=O) groups excluding carboxylic acids is 1. The molecule has 0 aliphatic rings. The fourth-order valence-electron chi connectivity index (χ4n) is 1.43. The van der Waals surface area contributed by atoms with Crippen LogP contribution in [0.4, 0.5) is 0 Å². The lowest BCUT2D eigenvalue weighted by molar-refractivity contribution is -0.116. The van der Waals surface area contributed by atoms with Gasteiger partial charge < -0.3 is 4.74 Å². The van der Waals surface area contributed by atoms with Crippen LogP contribution < -0.4 is 4.74 Å². The molecule has 17 heavy (non-hydrogen) atoms. The molecular formula is C12H16O4S. The Morgan fingerprint density at radius 2 is 1.82 bits per heavy atom. The van der Waals surface area contributed by atoms with Crippen molar-refractivity contribution in [1.82, 2.24) is 0 Å². The summed E-state index contributed by atoms with van der Waals surface area (Å²) in [7, 11) is -2.00. The molecular weight excluding hydrogens is 240 g/mol. The Bertz CT molecular complexity index is 474. The normalized spacial score (nSPS) is 11.2. The van der Waals surface area contributed by atoms with Crippen molar-refractivity contribution in [3.63, 3.8) is 0 Å². The third kappa shape index (κ3) is 3.85. The number of carbonyl (C=O) groups is 1. The van der Waals surface area contributed by atoms with Gasteiger partial charge in [-0.1, -0.05) is 6.92 Å². The van der Waals surface area contributed by atoms with Gasteiger partial charge in [-0.2, -0.15) is 0 Å². The van der Waals surface area contributed by atoms with Gasteiger partial charge in [0.1, 0.15) is 17.3 Å². The second kappa shape index (κ2) is 5.82. The maximum atomic E-state index is 11.9. The van der Waals surface area contributed by atoms with Crippen molar-refractivity contribution in [3.05, 3.63) is 24.3 Å². The Kier molecular flexibility index (Phi) is 4.69. The highest BCUT2D eigenvalue weighted by atomic mass is 32.2. The van der Waals surface area contributed by atoms with E-state index >= 15 is 0 Å². The van der Waals surface area contributed by atoms with Crippen molar-refractivity contribution in [2.45, 2.75) is 24.7 Å². The first-order valence-corrected chi connectivity index (χ1v) is 7.03. The number of sulfone groups is 1. The molecule has 0 saturated carbocycles. The molecule has 0 spiro atoms. The molecule has 94 valence electrons. The lowest BCUT2D eigenvalue weighted by Crippen LogP contribution is -2.15. The summed E-state index contributed by atoms with van der Waals surface area (Å²) in [5.41, 5.74) is 0. The van der Waals surface area contributed by atoms with E-state index in [-0.39, 0.29) is 10.7 Å². The average Bonchev–Trinajstić information content (AvgIpc) is 2.28. The third-order valence-electron chi connectivity index (χ3n) is 2.30. The fourth-order valence-corrected chi connectivity index (χ4v) is 2.71. The van der Waals surface area contributed by atoms with Crippen LogP contribution in [-0.4, -0.2) is 27.1 Å². The molecule has 0 heterocycles. The summed E-state index contributed by atoms with van der Waals surface area (Å²) in [4.78, 5) is 11.5. The number of ketones is 1. The van der Waals surface area contributed by atoms with E-state index in [1.54, 1.807) is 12.1 Å². The molecule has 5 heteroatoms. The summed E-state index contributed by atoms with van der Waals surface area (Å²) in [5.74, 6) is -0.0835. The molecule has 0 radical (unpaired) electrons. The Hall–Kier alpha value is -1.36. The third-order valence-corrected chi connectivity index (χ3v) is 3.99. The van der Waals surface area contributed by atoms with Gasteiger partial charge >= 0.3 is 0 Å². The standard InChI is InChI=1S/C12H16O4S/c1-3-4-10(13)9-17(14,15)12-7-5-11(16-2)6-8-12/h5-8H,3-4,9H2,1-2H3. The first-order chi connectivity index (χ1) is 7.99. The molecule has 0 unspecified atom stereocenters. The van der Waals surface area contributed by atoms with E-state index in [9.17, 15) is 13.2 Å². The molecule has 0 bridgehead atoms. The first-order valence-electron chi connectivity index (χ1n) is 5.38. The summed E-state index contributed by atoms with van der Waals surface area (Å²) in [6.45, 7) is 1.85. The lowest BCUT2D eigenvalue weighted by Gasteiger charge is -2.04. The number of ether oxygens (including phenoxy) is 1. The van der Waals surface area contributed by atoms with Crippen LogP contribution in [0.3, 0.4) is 0 Å². The topological polar surface area (TPSA) is 60.4 Å². The van der Waals surface area contributed by atoms with Gasteiger partial charge in [-0.05, 0) is 30.7 Å². The Morgan fingerprint density at radius 1 is 1.24 bits per heavy atom. The second-order valence-corrected chi connectivity index (χ2v) is 5.71. The number of hydrogen-bond acceptors (Lipinski definition) is 4. The van der Waals surface area contributed by atoms with Crippen LogP contribution in [0.15, 0.2) is 29.2 Å². The minimum atomic E-state index is -3.51. The number of Topliss-reactive ketones (excluding diaryl/α,β-unsaturated/α-hetero) is 1. The van der Waals surface area contributed by atoms with Crippen LogP contribution in [0.25, 0.3) is 0 Å². The van der Waals surface area contributed by atoms with E-state index in [1.807, 2.05) is 6.92 Å². The van der Waals surface area contributed by atoms with E-state index in [0.29, 0.717) is 18.6 Å². The summed E-state index contributed by atoms with van der Waals surface area (Å²) in [6, 6.07) is 6.04. The predicted octanol–water partition coefficient (Wildman–Crippen LogP) is 1.84. The van der Waals surface area contributed by atoms with Crippen LogP contribution in [0, 0.1) is 0 Å². The van der Waals surface area contributed by atoms with Gasteiger partial charge in [0.25, 0.3) is 0 Å². The Balaban J connectivity index is 2.85. The molecule has 0 aliphatic carbocycles. The van der Waals surface area contributed by atoms with Gasteiger partial charge in [0, 0.05) is 6.42 Å². The van der Waals surface area contributed by atoms with E-state index in [4.69, 9.17) is 4.74 Å². The molecule has 0 amide bonds. The molecule has 0 saturated heterocycles. The number of benzene rings is 1. The molecule has 0 atom stereocenters. The van der Waals surface area contributed by atoms with Crippen molar-refractivity contribution in [3.8, 4) is 5.75 Å². The van der Waals surface area contributed by atoms with Gasteiger partial charge in [-0.15, -0.1) is 0 Å². The van der Waals surface area contributed by atoms with Crippen LogP contribution in [0.2, 0.25) is 0 Å². The summed E-state index contributed by atoms with van der Waals surface area (Å²) in [5, 5.41) is 0. The van der Waals surface area contributed by atoms with E-state index in [0.717, 1.165) is 0 Å². The summed E-state index contributed by atoms with van der Waals surface area (Å²) < 4.78 is 28.7. The zero-order valence-corrected chi connectivity index (χ0v) is 10.8. The number of hydrogen-bond donors (Lipinski definition) is 0.